The molecular formula is C12H9NO4S. The smallest absolute Gasteiger partial charge is 0.307 e. The molecule has 1 aromatic heterocycles. The lowest BCUT2D eigenvalue weighted by atomic mass is 10.0. The molecule has 5 nitrogen and oxygen atoms in total. The van der Waals surface area contributed by atoms with E-state index in [-0.39, 0.29) is 12.1 Å². The number of carboxylic acid groups (broad SMARTS) is 1. The Kier molecular flexibility index (Phi) is 3.38. The Balaban J connectivity index is 2.52. The van der Waals surface area contributed by atoms with Crippen LogP contribution in [-0.2, 0) is 11.2 Å². The SMILES string of the molecule is O=C(O)Cc1cc([N+](=O)[O-])ccc1-c1cccs1. The molecule has 0 aliphatic heterocycles. The maximum absolute atomic E-state index is 10.8. The van der Waals surface area contributed by atoms with E-state index in [9.17, 15) is 14.9 Å². The van der Waals surface area contributed by atoms with E-state index in [1.165, 1.54) is 23.5 Å². The Morgan fingerprint density at radius 3 is 2.72 bits per heavy atom. The fourth-order valence-electron chi connectivity index (χ4n) is 1.68. The number of thiophene rings is 1. The van der Waals surface area contributed by atoms with Crippen molar-refractivity contribution in [3.05, 3.63) is 51.4 Å². The molecule has 0 amide bonds. The fraction of sp³-hybridized carbons (Fsp3) is 0.0833. The van der Waals surface area contributed by atoms with Gasteiger partial charge in [-0.05, 0) is 28.6 Å². The van der Waals surface area contributed by atoms with Gasteiger partial charge in [0.05, 0.1) is 11.3 Å². The molecule has 0 saturated carbocycles. The summed E-state index contributed by atoms with van der Waals surface area (Å²) in [6.45, 7) is 0. The van der Waals surface area contributed by atoms with E-state index >= 15 is 0 Å². The molecular weight excluding hydrogens is 254 g/mol. The van der Waals surface area contributed by atoms with Crippen molar-refractivity contribution in [2.75, 3.05) is 0 Å². The summed E-state index contributed by atoms with van der Waals surface area (Å²) in [6, 6.07) is 8.02. The van der Waals surface area contributed by atoms with Crippen LogP contribution in [0.2, 0.25) is 0 Å². The molecule has 0 aliphatic rings. The predicted octanol–water partition coefficient (Wildman–Crippen LogP) is 2.95. The van der Waals surface area contributed by atoms with E-state index in [2.05, 4.69) is 0 Å². The molecule has 0 fully saturated rings. The maximum atomic E-state index is 10.8. The van der Waals surface area contributed by atoms with Gasteiger partial charge in [-0.3, -0.25) is 14.9 Å². The number of nitrogens with zero attached hydrogens (tertiary/aromatic N) is 1. The standard InChI is InChI=1S/C12H9NO4S/c14-12(15)7-8-6-9(13(16)17)3-4-10(8)11-2-1-5-18-11/h1-6H,7H2,(H,14,15). The van der Waals surface area contributed by atoms with Gasteiger partial charge in [0, 0.05) is 17.0 Å². The molecule has 18 heavy (non-hydrogen) atoms. The third-order valence-electron chi connectivity index (χ3n) is 2.43. The molecule has 0 atom stereocenters. The lowest BCUT2D eigenvalue weighted by molar-refractivity contribution is -0.384. The average molecular weight is 263 g/mol. The van der Waals surface area contributed by atoms with Crippen molar-refractivity contribution in [1.82, 2.24) is 0 Å². The summed E-state index contributed by atoms with van der Waals surface area (Å²) >= 11 is 1.47. The lowest BCUT2D eigenvalue weighted by Gasteiger charge is -2.05. The summed E-state index contributed by atoms with van der Waals surface area (Å²) in [5.74, 6) is -1.01. The Morgan fingerprint density at radius 2 is 2.17 bits per heavy atom. The number of carbonyl (C=O) groups is 1. The monoisotopic (exact) mass is 263 g/mol. The topological polar surface area (TPSA) is 80.4 Å². The molecule has 0 unspecified atom stereocenters. The quantitative estimate of drug-likeness (QED) is 0.679. The van der Waals surface area contributed by atoms with E-state index in [1.54, 1.807) is 6.07 Å². The van der Waals surface area contributed by atoms with Gasteiger partial charge in [-0.15, -0.1) is 11.3 Å². The molecule has 0 spiro atoms. The number of hydrogen-bond acceptors (Lipinski definition) is 4. The molecule has 0 saturated heterocycles. The second-order valence-electron chi connectivity index (χ2n) is 3.65. The van der Waals surface area contributed by atoms with Gasteiger partial charge in [-0.2, -0.15) is 0 Å². The second-order valence-corrected chi connectivity index (χ2v) is 4.59. The zero-order valence-electron chi connectivity index (χ0n) is 9.20. The van der Waals surface area contributed by atoms with Crippen molar-refractivity contribution in [2.45, 2.75) is 6.42 Å². The first-order valence-electron chi connectivity index (χ1n) is 5.11. The van der Waals surface area contributed by atoms with E-state index in [1.807, 2.05) is 17.5 Å². The number of hydrogen-bond donors (Lipinski definition) is 1. The predicted molar refractivity (Wildman–Crippen MR) is 67.7 cm³/mol. The number of nitro benzene ring substituents is 1. The van der Waals surface area contributed by atoms with Crippen LogP contribution in [0.25, 0.3) is 10.4 Å². The molecule has 6 heteroatoms. The van der Waals surface area contributed by atoms with Gasteiger partial charge in [-0.25, -0.2) is 0 Å². The van der Waals surface area contributed by atoms with Gasteiger partial charge in [-0.1, -0.05) is 6.07 Å². The summed E-state index contributed by atoms with van der Waals surface area (Å²) in [4.78, 5) is 21.9. The Hall–Kier alpha value is -2.21. The van der Waals surface area contributed by atoms with Crippen molar-refractivity contribution in [1.29, 1.82) is 0 Å². The van der Waals surface area contributed by atoms with Crippen molar-refractivity contribution < 1.29 is 14.8 Å². The van der Waals surface area contributed by atoms with Crippen LogP contribution in [0.5, 0.6) is 0 Å². The van der Waals surface area contributed by atoms with Crippen LogP contribution in [-0.4, -0.2) is 16.0 Å². The number of aliphatic carboxylic acids is 1. The van der Waals surface area contributed by atoms with Crippen molar-refractivity contribution in [3.63, 3.8) is 0 Å². The van der Waals surface area contributed by atoms with Gasteiger partial charge in [0.1, 0.15) is 0 Å². The molecule has 1 heterocycles. The van der Waals surface area contributed by atoms with Gasteiger partial charge >= 0.3 is 5.97 Å². The molecule has 1 N–H and O–H groups in total. The zero-order valence-corrected chi connectivity index (χ0v) is 10.0. The largest absolute Gasteiger partial charge is 0.481 e. The van der Waals surface area contributed by atoms with Crippen LogP contribution in [0.1, 0.15) is 5.56 Å². The summed E-state index contributed by atoms with van der Waals surface area (Å²) in [5, 5.41) is 21.4. The van der Waals surface area contributed by atoms with Crippen LogP contribution in [0.3, 0.4) is 0 Å². The zero-order chi connectivity index (χ0) is 13.1. The number of non-ortho nitro benzene ring substituents is 1. The first kappa shape index (κ1) is 12.3. The molecule has 92 valence electrons. The van der Waals surface area contributed by atoms with Crippen LogP contribution in [0.15, 0.2) is 35.7 Å². The minimum absolute atomic E-state index is 0.0912. The van der Waals surface area contributed by atoms with Gasteiger partial charge < -0.3 is 5.11 Å². The highest BCUT2D eigenvalue weighted by Crippen LogP contribution is 2.31. The minimum atomic E-state index is -1.01. The van der Waals surface area contributed by atoms with Crippen LogP contribution in [0, 0.1) is 10.1 Å². The highest BCUT2D eigenvalue weighted by molar-refractivity contribution is 7.13. The third kappa shape index (κ3) is 2.54. The molecule has 0 radical (unpaired) electrons. The Labute approximate surface area is 106 Å². The first-order chi connectivity index (χ1) is 8.58. The van der Waals surface area contributed by atoms with Crippen molar-refractivity contribution >= 4 is 23.0 Å². The molecule has 0 aliphatic carbocycles. The maximum Gasteiger partial charge on any atom is 0.307 e. The average Bonchev–Trinajstić information content (AvgIpc) is 2.81. The molecule has 0 bridgehead atoms. The van der Waals surface area contributed by atoms with Gasteiger partial charge in [0.15, 0.2) is 0 Å². The Bertz CT molecular complexity index is 592. The van der Waals surface area contributed by atoms with Gasteiger partial charge in [0.2, 0.25) is 0 Å². The summed E-state index contributed by atoms with van der Waals surface area (Å²) < 4.78 is 0. The van der Waals surface area contributed by atoms with E-state index in [0.29, 0.717) is 5.56 Å². The summed E-state index contributed by atoms with van der Waals surface area (Å²) in [5.41, 5.74) is 1.10. The minimum Gasteiger partial charge on any atom is -0.481 e. The molecule has 2 rings (SSSR count). The van der Waals surface area contributed by atoms with Crippen LogP contribution < -0.4 is 0 Å². The molecule has 2 aromatic rings. The molecule has 1 aromatic carbocycles. The number of rotatable bonds is 4. The second kappa shape index (κ2) is 4.97. The highest BCUT2D eigenvalue weighted by Gasteiger charge is 2.14. The number of nitro groups is 1. The lowest BCUT2D eigenvalue weighted by Crippen LogP contribution is -2.02. The van der Waals surface area contributed by atoms with Crippen LogP contribution in [0.4, 0.5) is 5.69 Å². The van der Waals surface area contributed by atoms with Crippen molar-refractivity contribution in [3.8, 4) is 10.4 Å². The van der Waals surface area contributed by atoms with Crippen molar-refractivity contribution in [2.24, 2.45) is 0 Å². The first-order valence-corrected chi connectivity index (χ1v) is 5.99. The normalized spacial score (nSPS) is 10.2. The van der Waals surface area contributed by atoms with Gasteiger partial charge in [0.25, 0.3) is 5.69 Å². The van der Waals surface area contributed by atoms with E-state index in [4.69, 9.17) is 5.11 Å². The van der Waals surface area contributed by atoms with E-state index in [0.717, 1.165) is 10.4 Å². The summed E-state index contributed by atoms with van der Waals surface area (Å²) in [7, 11) is 0. The fourth-order valence-corrected chi connectivity index (χ4v) is 2.46. The number of carboxylic acids is 1. The third-order valence-corrected chi connectivity index (χ3v) is 3.33. The van der Waals surface area contributed by atoms with Crippen LogP contribution >= 0.6 is 11.3 Å². The Morgan fingerprint density at radius 1 is 1.39 bits per heavy atom. The van der Waals surface area contributed by atoms with E-state index < -0.39 is 10.9 Å². The highest BCUT2D eigenvalue weighted by atomic mass is 32.1. The number of benzene rings is 1. The summed E-state index contributed by atoms with van der Waals surface area (Å²) in [6.07, 6.45) is -0.227.